The molecular formula is C22H27ClN3O3S+. The van der Waals surface area contributed by atoms with Crippen LogP contribution < -0.4 is 9.21 Å². The number of carbonyl (C=O) groups excluding carboxylic acids is 1. The average molecular weight is 449 g/mol. The van der Waals surface area contributed by atoms with Crippen molar-refractivity contribution in [3.63, 3.8) is 0 Å². The summed E-state index contributed by atoms with van der Waals surface area (Å²) in [6, 6.07) is 12.2. The van der Waals surface area contributed by atoms with E-state index in [1.165, 1.54) is 21.3 Å². The summed E-state index contributed by atoms with van der Waals surface area (Å²) in [4.78, 5) is 16.3. The van der Waals surface area contributed by atoms with Crippen LogP contribution in [0, 0.1) is 0 Å². The Kier molecular flexibility index (Phi) is 5.79. The van der Waals surface area contributed by atoms with Crippen molar-refractivity contribution >= 4 is 33.2 Å². The first-order valence-electron chi connectivity index (χ1n) is 10.3. The lowest BCUT2D eigenvalue weighted by molar-refractivity contribution is -0.885. The highest BCUT2D eigenvalue weighted by atomic mass is 35.5. The number of rotatable bonds is 4. The number of hydrogen-bond acceptors (Lipinski definition) is 3. The number of nitrogens with one attached hydrogen (secondary N) is 1. The van der Waals surface area contributed by atoms with Crippen molar-refractivity contribution in [3.8, 4) is 0 Å². The fourth-order valence-corrected chi connectivity index (χ4v) is 6.37. The molecule has 1 fully saturated rings. The van der Waals surface area contributed by atoms with E-state index in [2.05, 4.69) is 7.05 Å². The summed E-state index contributed by atoms with van der Waals surface area (Å²) in [5.41, 5.74) is 2.02. The number of piperidine rings is 1. The Morgan fingerprint density at radius 2 is 1.87 bits per heavy atom. The zero-order chi connectivity index (χ0) is 21.5. The van der Waals surface area contributed by atoms with Gasteiger partial charge in [0.25, 0.3) is 15.9 Å². The van der Waals surface area contributed by atoms with Crippen LogP contribution in [0.25, 0.3) is 0 Å². The maximum atomic E-state index is 13.4. The van der Waals surface area contributed by atoms with E-state index < -0.39 is 10.0 Å². The molecule has 0 saturated carbocycles. The van der Waals surface area contributed by atoms with Gasteiger partial charge in [0.2, 0.25) is 0 Å². The minimum absolute atomic E-state index is 0.0204. The largest absolute Gasteiger partial charge is 0.338 e. The lowest BCUT2D eigenvalue weighted by Crippen LogP contribution is -3.10. The summed E-state index contributed by atoms with van der Waals surface area (Å²) >= 11 is 6.30. The Labute approximate surface area is 183 Å². The van der Waals surface area contributed by atoms with Crippen molar-refractivity contribution in [2.45, 2.75) is 30.2 Å². The highest BCUT2D eigenvalue weighted by Gasteiger charge is 2.33. The first kappa shape index (κ1) is 21.2. The highest BCUT2D eigenvalue weighted by Crippen LogP contribution is 2.35. The van der Waals surface area contributed by atoms with Gasteiger partial charge in [-0.3, -0.25) is 9.10 Å². The van der Waals surface area contributed by atoms with Crippen LogP contribution in [0.4, 0.5) is 5.69 Å². The quantitative estimate of drug-likeness (QED) is 0.776. The molecule has 160 valence electrons. The number of nitrogens with zero attached hydrogens (tertiary/aromatic N) is 2. The van der Waals surface area contributed by atoms with Gasteiger partial charge in [0, 0.05) is 38.0 Å². The highest BCUT2D eigenvalue weighted by molar-refractivity contribution is 7.93. The van der Waals surface area contributed by atoms with Crippen LogP contribution in [0.5, 0.6) is 0 Å². The minimum atomic E-state index is -3.87. The van der Waals surface area contributed by atoms with Gasteiger partial charge in [0.15, 0.2) is 0 Å². The smallest absolute Gasteiger partial charge is 0.265 e. The minimum Gasteiger partial charge on any atom is -0.338 e. The summed E-state index contributed by atoms with van der Waals surface area (Å²) < 4.78 is 28.2. The Hall–Kier alpha value is -2.09. The molecule has 0 unspecified atom stereocenters. The number of anilines is 1. The molecule has 2 aromatic rings. The zero-order valence-electron chi connectivity index (χ0n) is 17.3. The molecule has 0 aromatic heterocycles. The molecule has 30 heavy (non-hydrogen) atoms. The number of sulfonamides is 1. The standard InChI is InChI=1S/C22H26ClN3O3S/c1-24-12-10-18(11-13-24)25(2)22(27)17-7-8-19(23)21(15-17)30(28,29)26-14-9-16-5-3-4-6-20(16)26/h3-8,15,18H,9-14H2,1-2H3/p+1. The molecule has 1 amide bonds. The van der Waals surface area contributed by atoms with E-state index in [9.17, 15) is 13.2 Å². The molecule has 0 atom stereocenters. The summed E-state index contributed by atoms with van der Waals surface area (Å²) in [6.07, 6.45) is 2.54. The number of fused-ring (bicyclic) bond motifs is 1. The molecule has 0 aliphatic carbocycles. The van der Waals surface area contributed by atoms with E-state index in [1.54, 1.807) is 24.1 Å². The van der Waals surface area contributed by atoms with Crippen molar-refractivity contribution in [1.82, 2.24) is 4.90 Å². The van der Waals surface area contributed by atoms with Crippen LogP contribution in [0.2, 0.25) is 5.02 Å². The van der Waals surface area contributed by atoms with Crippen LogP contribution in [-0.4, -0.2) is 59.0 Å². The van der Waals surface area contributed by atoms with Gasteiger partial charge < -0.3 is 9.80 Å². The monoisotopic (exact) mass is 448 g/mol. The maximum Gasteiger partial charge on any atom is 0.265 e. The Balaban J connectivity index is 1.63. The molecule has 2 heterocycles. The molecule has 1 saturated heterocycles. The van der Waals surface area contributed by atoms with E-state index in [0.717, 1.165) is 31.5 Å². The van der Waals surface area contributed by atoms with Gasteiger partial charge in [-0.05, 0) is 36.2 Å². The Bertz CT molecular complexity index is 1070. The van der Waals surface area contributed by atoms with Gasteiger partial charge in [0.05, 0.1) is 30.8 Å². The van der Waals surface area contributed by atoms with Crippen LogP contribution in [0.3, 0.4) is 0 Å². The summed E-state index contributed by atoms with van der Waals surface area (Å²) in [6.45, 7) is 2.42. The molecule has 0 spiro atoms. The number of para-hydroxylation sites is 1. The number of hydrogen-bond donors (Lipinski definition) is 1. The normalized spacial score (nSPS) is 21.4. The van der Waals surface area contributed by atoms with Crippen molar-refractivity contribution < 1.29 is 18.1 Å². The van der Waals surface area contributed by atoms with Gasteiger partial charge in [-0.2, -0.15) is 0 Å². The van der Waals surface area contributed by atoms with Crippen molar-refractivity contribution in [1.29, 1.82) is 0 Å². The summed E-state index contributed by atoms with van der Waals surface area (Å²) in [5, 5.41) is 0.126. The zero-order valence-corrected chi connectivity index (χ0v) is 18.8. The molecule has 6 nitrogen and oxygen atoms in total. The molecule has 2 aliphatic heterocycles. The van der Waals surface area contributed by atoms with Crippen molar-refractivity contribution in [3.05, 3.63) is 58.6 Å². The second kappa shape index (κ2) is 8.21. The first-order valence-corrected chi connectivity index (χ1v) is 12.1. The second-order valence-electron chi connectivity index (χ2n) is 8.21. The molecule has 4 rings (SSSR count). The predicted molar refractivity (Wildman–Crippen MR) is 118 cm³/mol. The molecule has 0 radical (unpaired) electrons. The van der Waals surface area contributed by atoms with Gasteiger partial charge in [-0.25, -0.2) is 8.42 Å². The van der Waals surface area contributed by atoms with Crippen LogP contribution in [0.15, 0.2) is 47.4 Å². The molecular weight excluding hydrogens is 422 g/mol. The number of likely N-dealkylation sites (tertiary alicyclic amines) is 1. The Morgan fingerprint density at radius 1 is 1.17 bits per heavy atom. The molecule has 2 aromatic carbocycles. The maximum absolute atomic E-state index is 13.4. The molecule has 2 aliphatic rings. The lowest BCUT2D eigenvalue weighted by atomic mass is 10.0. The fourth-order valence-electron chi connectivity index (χ4n) is 4.36. The van der Waals surface area contributed by atoms with E-state index in [0.29, 0.717) is 24.2 Å². The Morgan fingerprint density at radius 3 is 2.60 bits per heavy atom. The lowest BCUT2D eigenvalue weighted by Gasteiger charge is -2.33. The van der Waals surface area contributed by atoms with Crippen LogP contribution >= 0.6 is 11.6 Å². The van der Waals surface area contributed by atoms with Crippen LogP contribution in [0.1, 0.15) is 28.8 Å². The molecule has 1 N–H and O–H groups in total. The predicted octanol–water partition coefficient (Wildman–Crippen LogP) is 1.84. The molecule has 0 bridgehead atoms. The third-order valence-corrected chi connectivity index (χ3v) is 8.56. The van der Waals surface area contributed by atoms with Crippen molar-refractivity contribution in [2.75, 3.05) is 38.0 Å². The van der Waals surface area contributed by atoms with Crippen molar-refractivity contribution in [2.24, 2.45) is 0 Å². The first-order chi connectivity index (χ1) is 14.3. The van der Waals surface area contributed by atoms with E-state index in [4.69, 9.17) is 11.6 Å². The number of quaternary nitrogens is 1. The van der Waals surface area contributed by atoms with E-state index in [-0.39, 0.29) is 21.9 Å². The van der Waals surface area contributed by atoms with Gasteiger partial charge in [0.1, 0.15) is 4.90 Å². The number of carbonyl (C=O) groups is 1. The topological polar surface area (TPSA) is 62.1 Å². The third-order valence-electron chi connectivity index (χ3n) is 6.27. The third kappa shape index (κ3) is 3.82. The number of amides is 1. The van der Waals surface area contributed by atoms with E-state index >= 15 is 0 Å². The SMILES string of the molecule is CN(C(=O)c1ccc(Cl)c(S(=O)(=O)N2CCc3ccccc32)c1)C1CC[NH+](C)CC1. The van der Waals surface area contributed by atoms with E-state index in [1.807, 2.05) is 18.2 Å². The van der Waals surface area contributed by atoms with Gasteiger partial charge in [-0.15, -0.1) is 0 Å². The second-order valence-corrected chi connectivity index (χ2v) is 10.4. The van der Waals surface area contributed by atoms with Gasteiger partial charge in [-0.1, -0.05) is 29.8 Å². The number of benzene rings is 2. The summed E-state index contributed by atoms with van der Waals surface area (Å²) in [5.74, 6) is -0.172. The fraction of sp³-hybridized carbons (Fsp3) is 0.409. The average Bonchev–Trinajstić information content (AvgIpc) is 3.18. The van der Waals surface area contributed by atoms with Crippen LogP contribution in [-0.2, 0) is 16.4 Å². The molecule has 8 heteroatoms. The summed E-state index contributed by atoms with van der Waals surface area (Å²) in [7, 11) is 0.0870. The van der Waals surface area contributed by atoms with Gasteiger partial charge >= 0.3 is 0 Å². The number of halogens is 1.